The molecule has 0 fully saturated rings. The fourth-order valence-electron chi connectivity index (χ4n) is 2.77. The van der Waals surface area contributed by atoms with E-state index >= 15 is 0 Å². The first-order valence-electron chi connectivity index (χ1n) is 8.53. The van der Waals surface area contributed by atoms with E-state index in [4.69, 9.17) is 0 Å². The number of carbonyl (C=O) groups is 1. The first kappa shape index (κ1) is 18.0. The molecule has 8 heteroatoms. The maximum atomic E-state index is 13.0. The van der Waals surface area contributed by atoms with Crippen molar-refractivity contribution in [2.24, 2.45) is 0 Å². The zero-order valence-corrected chi connectivity index (χ0v) is 15.4. The van der Waals surface area contributed by atoms with Gasteiger partial charge in [0.05, 0.1) is 12.9 Å². The minimum absolute atomic E-state index is 0.176. The van der Waals surface area contributed by atoms with E-state index in [1.807, 2.05) is 30.3 Å². The van der Waals surface area contributed by atoms with Crippen molar-refractivity contribution in [2.75, 3.05) is 0 Å². The highest BCUT2D eigenvalue weighted by Crippen LogP contribution is 2.17. The Morgan fingerprint density at radius 2 is 1.79 bits per heavy atom. The van der Waals surface area contributed by atoms with Crippen molar-refractivity contribution in [3.63, 3.8) is 0 Å². The Hall–Kier alpha value is -3.39. The zero-order valence-electron chi connectivity index (χ0n) is 14.6. The zero-order chi connectivity index (χ0) is 19.5. The van der Waals surface area contributed by atoms with E-state index < -0.39 is 0 Å². The van der Waals surface area contributed by atoms with Gasteiger partial charge in [0.25, 0.3) is 11.5 Å². The third-order valence-electron chi connectivity index (χ3n) is 4.23. The van der Waals surface area contributed by atoms with Gasteiger partial charge in [-0.05, 0) is 34.8 Å². The van der Waals surface area contributed by atoms with Crippen molar-refractivity contribution in [2.45, 2.75) is 13.1 Å². The molecule has 140 valence electrons. The highest BCUT2D eigenvalue weighted by molar-refractivity contribution is 7.09. The molecule has 0 spiro atoms. The molecule has 1 amide bonds. The van der Waals surface area contributed by atoms with Gasteiger partial charge in [-0.15, -0.1) is 0 Å². The number of carbonyl (C=O) groups excluding carboxylic acids is 1. The summed E-state index contributed by atoms with van der Waals surface area (Å²) < 4.78 is 18.6. The largest absolute Gasteiger partial charge is 0.347 e. The van der Waals surface area contributed by atoms with Crippen LogP contribution in [0.4, 0.5) is 4.39 Å². The molecule has 0 atom stereocenters. The summed E-state index contributed by atoms with van der Waals surface area (Å²) in [6.45, 7) is 0.621. The molecule has 0 unspecified atom stereocenters. The molecular weight excluding hydrogens is 379 g/mol. The SMILES string of the molecule is O=C(NCc1ccc(F)cc1)c1snc2c(=O)n(Cc3ccccc3)cnc12. The Bertz CT molecular complexity index is 1190. The Morgan fingerprint density at radius 1 is 1.04 bits per heavy atom. The molecule has 2 heterocycles. The number of nitrogens with zero attached hydrogens (tertiary/aromatic N) is 3. The lowest BCUT2D eigenvalue weighted by Crippen LogP contribution is -2.24. The number of hydrogen-bond acceptors (Lipinski definition) is 5. The van der Waals surface area contributed by atoms with E-state index in [1.54, 1.807) is 12.1 Å². The van der Waals surface area contributed by atoms with Crippen LogP contribution in [0.25, 0.3) is 11.0 Å². The maximum absolute atomic E-state index is 13.0. The Morgan fingerprint density at radius 3 is 2.54 bits per heavy atom. The van der Waals surface area contributed by atoms with Crippen molar-refractivity contribution < 1.29 is 9.18 Å². The van der Waals surface area contributed by atoms with Gasteiger partial charge in [0, 0.05) is 6.54 Å². The molecule has 1 N–H and O–H groups in total. The topological polar surface area (TPSA) is 76.9 Å². The fraction of sp³-hybridized carbons (Fsp3) is 0.100. The van der Waals surface area contributed by atoms with E-state index in [0.29, 0.717) is 6.54 Å². The van der Waals surface area contributed by atoms with Gasteiger partial charge in [0.15, 0.2) is 5.52 Å². The molecule has 2 aromatic carbocycles. The van der Waals surface area contributed by atoms with Crippen molar-refractivity contribution in [1.82, 2.24) is 19.2 Å². The quantitative estimate of drug-likeness (QED) is 0.565. The predicted molar refractivity (Wildman–Crippen MR) is 105 cm³/mol. The first-order valence-corrected chi connectivity index (χ1v) is 9.30. The van der Waals surface area contributed by atoms with Crippen LogP contribution in [-0.2, 0) is 13.1 Å². The van der Waals surface area contributed by atoms with Crippen molar-refractivity contribution in [3.8, 4) is 0 Å². The van der Waals surface area contributed by atoms with Crippen LogP contribution in [-0.4, -0.2) is 19.8 Å². The van der Waals surface area contributed by atoms with E-state index in [2.05, 4.69) is 14.7 Å². The predicted octanol–water partition coefficient (Wildman–Crippen LogP) is 2.97. The van der Waals surface area contributed by atoms with E-state index in [-0.39, 0.29) is 39.7 Å². The van der Waals surface area contributed by atoms with Crippen molar-refractivity contribution in [1.29, 1.82) is 0 Å². The molecule has 0 radical (unpaired) electrons. The maximum Gasteiger partial charge on any atom is 0.281 e. The van der Waals surface area contributed by atoms with Crippen LogP contribution in [0.1, 0.15) is 20.8 Å². The molecule has 2 aromatic heterocycles. The summed E-state index contributed by atoms with van der Waals surface area (Å²) in [6, 6.07) is 15.4. The molecule has 0 saturated heterocycles. The second-order valence-electron chi connectivity index (χ2n) is 6.18. The molecular formula is C20H15FN4O2S. The summed E-state index contributed by atoms with van der Waals surface area (Å²) in [6.07, 6.45) is 1.43. The molecule has 0 aliphatic rings. The second kappa shape index (κ2) is 7.69. The summed E-state index contributed by atoms with van der Waals surface area (Å²) >= 11 is 0.940. The van der Waals surface area contributed by atoms with Crippen LogP contribution in [0, 0.1) is 5.82 Å². The summed E-state index contributed by atoms with van der Waals surface area (Å²) in [4.78, 5) is 29.7. The lowest BCUT2D eigenvalue weighted by molar-refractivity contribution is 0.0956. The Balaban J connectivity index is 1.55. The number of fused-ring (bicyclic) bond motifs is 1. The summed E-state index contributed by atoms with van der Waals surface area (Å²) in [5.74, 6) is -0.705. The van der Waals surface area contributed by atoms with Crippen LogP contribution < -0.4 is 10.9 Å². The Labute approximate surface area is 163 Å². The van der Waals surface area contributed by atoms with Gasteiger partial charge in [0.2, 0.25) is 0 Å². The number of aromatic nitrogens is 3. The molecule has 0 aliphatic carbocycles. The van der Waals surface area contributed by atoms with Gasteiger partial charge in [-0.25, -0.2) is 9.37 Å². The van der Waals surface area contributed by atoms with Crippen LogP contribution in [0.5, 0.6) is 0 Å². The van der Waals surface area contributed by atoms with Crippen molar-refractivity contribution in [3.05, 3.63) is 93.1 Å². The average Bonchev–Trinajstić information content (AvgIpc) is 3.15. The van der Waals surface area contributed by atoms with Gasteiger partial charge in [-0.3, -0.25) is 14.2 Å². The van der Waals surface area contributed by atoms with Crippen molar-refractivity contribution >= 4 is 28.5 Å². The molecule has 4 aromatic rings. The minimum Gasteiger partial charge on any atom is -0.347 e. The first-order chi connectivity index (χ1) is 13.6. The summed E-state index contributed by atoms with van der Waals surface area (Å²) in [7, 11) is 0. The third kappa shape index (κ3) is 3.67. The van der Waals surface area contributed by atoms with Gasteiger partial charge in [0.1, 0.15) is 16.2 Å². The molecule has 4 rings (SSSR count). The lowest BCUT2D eigenvalue weighted by Gasteiger charge is -2.06. The van der Waals surface area contributed by atoms with E-state index in [1.165, 1.54) is 23.0 Å². The number of rotatable bonds is 5. The Kier molecular flexibility index (Phi) is 4.94. The smallest absolute Gasteiger partial charge is 0.281 e. The standard InChI is InChI=1S/C20H15FN4O2S/c21-15-8-6-13(7-9-15)10-22-19(26)18-16-17(24-28-18)20(27)25(12-23-16)11-14-4-2-1-3-5-14/h1-9,12H,10-11H2,(H,22,26). The average molecular weight is 394 g/mol. The highest BCUT2D eigenvalue weighted by atomic mass is 32.1. The van der Waals surface area contributed by atoms with Crippen LogP contribution in [0.15, 0.2) is 65.7 Å². The van der Waals surface area contributed by atoms with E-state index in [0.717, 1.165) is 22.7 Å². The number of amides is 1. The van der Waals surface area contributed by atoms with E-state index in [9.17, 15) is 14.0 Å². The monoisotopic (exact) mass is 394 g/mol. The minimum atomic E-state index is -0.371. The van der Waals surface area contributed by atoms with Crippen LogP contribution >= 0.6 is 11.5 Å². The number of halogens is 1. The molecule has 0 aliphatic heterocycles. The summed E-state index contributed by atoms with van der Waals surface area (Å²) in [5.41, 5.74) is 1.91. The number of benzene rings is 2. The number of hydrogen-bond donors (Lipinski definition) is 1. The summed E-state index contributed by atoms with van der Waals surface area (Å²) in [5, 5.41) is 2.75. The van der Waals surface area contributed by atoms with Gasteiger partial charge in [-0.2, -0.15) is 4.37 Å². The lowest BCUT2D eigenvalue weighted by atomic mass is 10.2. The number of nitrogens with one attached hydrogen (secondary N) is 1. The second-order valence-corrected chi connectivity index (χ2v) is 6.95. The molecule has 0 bridgehead atoms. The fourth-order valence-corrected chi connectivity index (χ4v) is 3.51. The third-order valence-corrected chi connectivity index (χ3v) is 5.06. The molecule has 28 heavy (non-hydrogen) atoms. The van der Waals surface area contributed by atoms with Gasteiger partial charge >= 0.3 is 0 Å². The van der Waals surface area contributed by atoms with Crippen LogP contribution in [0.2, 0.25) is 0 Å². The van der Waals surface area contributed by atoms with Crippen LogP contribution in [0.3, 0.4) is 0 Å². The molecule has 6 nitrogen and oxygen atoms in total. The molecule has 0 saturated carbocycles. The van der Waals surface area contributed by atoms with Gasteiger partial charge in [-0.1, -0.05) is 42.5 Å². The van der Waals surface area contributed by atoms with Gasteiger partial charge < -0.3 is 5.32 Å². The normalized spacial score (nSPS) is 10.9. The highest BCUT2D eigenvalue weighted by Gasteiger charge is 2.18.